The summed E-state index contributed by atoms with van der Waals surface area (Å²) in [6, 6.07) is 15.6. The van der Waals surface area contributed by atoms with Crippen LogP contribution in [0.3, 0.4) is 0 Å². The van der Waals surface area contributed by atoms with Gasteiger partial charge in [-0.05, 0) is 12.1 Å². The number of nitrogens with one attached hydrogen (secondary N) is 2. The zero-order valence-electron chi connectivity index (χ0n) is 15.6. The van der Waals surface area contributed by atoms with E-state index in [0.717, 1.165) is 44.2 Å². The third-order valence-corrected chi connectivity index (χ3v) is 5.27. The number of H-pyrrole nitrogens is 1. The second kappa shape index (κ2) is 5.96. The van der Waals surface area contributed by atoms with Gasteiger partial charge in [0.1, 0.15) is 12.4 Å². The van der Waals surface area contributed by atoms with Crippen LogP contribution in [-0.4, -0.2) is 16.8 Å². The molecule has 3 aromatic carbocycles. The van der Waals surface area contributed by atoms with Crippen molar-refractivity contribution in [1.82, 2.24) is 10.3 Å². The molecule has 138 valence electrons. The van der Waals surface area contributed by atoms with E-state index in [1.54, 1.807) is 0 Å². The molecule has 2 amide bonds. The van der Waals surface area contributed by atoms with Crippen LogP contribution in [0.2, 0.25) is 0 Å². The summed E-state index contributed by atoms with van der Waals surface area (Å²) in [5.74, 6) is 0.0856. The first kappa shape index (κ1) is 16.6. The van der Waals surface area contributed by atoms with E-state index in [9.17, 15) is 9.59 Å². The van der Waals surface area contributed by atoms with E-state index in [4.69, 9.17) is 4.74 Å². The average molecular weight is 370 g/mol. The van der Waals surface area contributed by atoms with Gasteiger partial charge in [0, 0.05) is 33.0 Å². The molecule has 0 unspecified atom stereocenters. The van der Waals surface area contributed by atoms with Crippen LogP contribution >= 0.6 is 0 Å². The minimum absolute atomic E-state index is 0.265. The molecule has 5 heteroatoms. The van der Waals surface area contributed by atoms with Crippen LogP contribution < -0.4 is 10.1 Å². The first-order valence-corrected chi connectivity index (χ1v) is 9.41. The van der Waals surface area contributed by atoms with Crippen LogP contribution in [0.15, 0.2) is 48.5 Å². The Kier molecular flexibility index (Phi) is 3.52. The first-order chi connectivity index (χ1) is 13.7. The minimum atomic E-state index is -0.351. The molecule has 0 bridgehead atoms. The van der Waals surface area contributed by atoms with E-state index >= 15 is 0 Å². The number of fused-ring (bicyclic) bond motifs is 10. The Hall–Kier alpha value is -3.60. The molecule has 28 heavy (non-hydrogen) atoms. The maximum Gasteiger partial charge on any atom is 0.259 e. The molecule has 3 heterocycles. The molecule has 0 saturated carbocycles. The molecule has 1 aromatic heterocycles. The van der Waals surface area contributed by atoms with Gasteiger partial charge in [-0.1, -0.05) is 50.2 Å². The van der Waals surface area contributed by atoms with Gasteiger partial charge < -0.3 is 9.72 Å². The Bertz CT molecular complexity index is 1300. The van der Waals surface area contributed by atoms with Crippen LogP contribution in [0.4, 0.5) is 0 Å². The van der Waals surface area contributed by atoms with Crippen LogP contribution in [0.25, 0.3) is 32.9 Å². The van der Waals surface area contributed by atoms with Gasteiger partial charge in [0.2, 0.25) is 0 Å². The highest BCUT2D eigenvalue weighted by Gasteiger charge is 2.37. The van der Waals surface area contributed by atoms with Gasteiger partial charge in [0.15, 0.2) is 0 Å². The first-order valence-electron chi connectivity index (χ1n) is 9.41. The topological polar surface area (TPSA) is 71.2 Å². The second-order valence-corrected chi connectivity index (χ2v) is 6.59. The van der Waals surface area contributed by atoms with Gasteiger partial charge in [-0.3, -0.25) is 14.9 Å². The molecule has 2 N–H and O–H groups in total. The number of aromatic amines is 1. The quantitative estimate of drug-likeness (QED) is 0.437. The summed E-state index contributed by atoms with van der Waals surface area (Å²) in [5.41, 5.74) is 5.35. The molecule has 4 aromatic rings. The molecule has 0 radical (unpaired) electrons. The van der Waals surface area contributed by atoms with E-state index < -0.39 is 0 Å². The van der Waals surface area contributed by atoms with E-state index in [1.807, 2.05) is 62.4 Å². The number of ether oxygens (including phenoxy) is 1. The molecule has 0 aliphatic carbocycles. The van der Waals surface area contributed by atoms with Crippen molar-refractivity contribution in [2.75, 3.05) is 0 Å². The lowest BCUT2D eigenvalue weighted by molar-refractivity contribution is 0.0879. The third kappa shape index (κ3) is 2.01. The molecule has 6 rings (SSSR count). The molecule has 0 fully saturated rings. The summed E-state index contributed by atoms with van der Waals surface area (Å²) in [5, 5.41) is 4.20. The fourth-order valence-corrected chi connectivity index (χ4v) is 4.24. The Labute approximate surface area is 161 Å². The van der Waals surface area contributed by atoms with Gasteiger partial charge in [-0.25, -0.2) is 0 Å². The predicted octanol–water partition coefficient (Wildman–Crippen LogP) is 4.79. The Balaban J connectivity index is 0.000000829. The maximum absolute atomic E-state index is 12.6. The third-order valence-electron chi connectivity index (χ3n) is 5.27. The highest BCUT2D eigenvalue weighted by atomic mass is 16.5. The van der Waals surface area contributed by atoms with E-state index in [2.05, 4.69) is 10.3 Å². The summed E-state index contributed by atoms with van der Waals surface area (Å²) in [6.07, 6.45) is 0. The zero-order chi connectivity index (χ0) is 19.4. The van der Waals surface area contributed by atoms with Crippen molar-refractivity contribution in [1.29, 1.82) is 0 Å². The van der Waals surface area contributed by atoms with Gasteiger partial charge in [0.25, 0.3) is 11.8 Å². The van der Waals surface area contributed by atoms with Gasteiger partial charge in [-0.15, -0.1) is 0 Å². The SMILES string of the molecule is CC.O=C1NC(=O)c2c1c1c(c3[nH]c4ccccc4c23)-c2ccccc2OC1. The fraction of sp³-hybridized carbons (Fsp3) is 0.130. The minimum Gasteiger partial charge on any atom is -0.488 e. The normalized spacial score (nSPS) is 13.9. The lowest BCUT2D eigenvalue weighted by atomic mass is 9.87. The maximum atomic E-state index is 12.6. The number of imide groups is 1. The summed E-state index contributed by atoms with van der Waals surface area (Å²) in [6.45, 7) is 4.26. The molecule has 2 aliphatic rings. The molecule has 0 atom stereocenters. The Morgan fingerprint density at radius 2 is 1.57 bits per heavy atom. The number of para-hydroxylation sites is 2. The standard InChI is InChI=1S/C21H12N2O3.C2H6/c24-20-17-12-9-26-14-8-4-2-6-11(14)15(12)19-16(18(17)21(25)23-20)10-5-1-3-7-13(10)22-19;1-2/h1-8,22H,9H2,(H,23,24,25);1-2H3. The van der Waals surface area contributed by atoms with Crippen molar-refractivity contribution < 1.29 is 14.3 Å². The summed E-state index contributed by atoms with van der Waals surface area (Å²) in [7, 11) is 0. The summed E-state index contributed by atoms with van der Waals surface area (Å²) < 4.78 is 5.88. The van der Waals surface area contributed by atoms with Crippen LogP contribution in [0, 0.1) is 0 Å². The van der Waals surface area contributed by atoms with Crippen molar-refractivity contribution in [2.24, 2.45) is 0 Å². The monoisotopic (exact) mass is 370 g/mol. The van der Waals surface area contributed by atoms with E-state index in [-0.39, 0.29) is 18.4 Å². The number of hydrogen-bond acceptors (Lipinski definition) is 3. The van der Waals surface area contributed by atoms with Gasteiger partial charge in [-0.2, -0.15) is 0 Å². The number of amides is 2. The van der Waals surface area contributed by atoms with E-state index in [0.29, 0.717) is 11.1 Å². The molecule has 2 aliphatic heterocycles. The van der Waals surface area contributed by atoms with Gasteiger partial charge in [0.05, 0.1) is 16.6 Å². The number of hydrogen-bond donors (Lipinski definition) is 2. The van der Waals surface area contributed by atoms with Crippen molar-refractivity contribution in [3.8, 4) is 16.9 Å². The molecule has 5 nitrogen and oxygen atoms in total. The molecule has 0 saturated heterocycles. The Morgan fingerprint density at radius 1 is 0.857 bits per heavy atom. The van der Waals surface area contributed by atoms with Crippen molar-refractivity contribution >= 4 is 33.6 Å². The summed E-state index contributed by atoms with van der Waals surface area (Å²) in [4.78, 5) is 28.6. The summed E-state index contributed by atoms with van der Waals surface area (Å²) >= 11 is 0. The number of aromatic nitrogens is 1. The van der Waals surface area contributed by atoms with Gasteiger partial charge >= 0.3 is 0 Å². The fourth-order valence-electron chi connectivity index (χ4n) is 4.24. The molecular formula is C23H18N2O3. The van der Waals surface area contributed by atoms with Crippen molar-refractivity contribution in [3.63, 3.8) is 0 Å². The highest BCUT2D eigenvalue weighted by molar-refractivity contribution is 6.32. The number of carbonyl (C=O) groups excluding carboxylic acids is 2. The lowest BCUT2D eigenvalue weighted by Crippen LogP contribution is -2.20. The van der Waals surface area contributed by atoms with Crippen LogP contribution in [0.1, 0.15) is 40.1 Å². The predicted molar refractivity (Wildman–Crippen MR) is 109 cm³/mol. The molecule has 0 spiro atoms. The number of carbonyl (C=O) groups is 2. The highest BCUT2D eigenvalue weighted by Crippen LogP contribution is 2.47. The van der Waals surface area contributed by atoms with Crippen molar-refractivity contribution in [3.05, 3.63) is 65.2 Å². The lowest BCUT2D eigenvalue weighted by Gasteiger charge is -2.23. The zero-order valence-corrected chi connectivity index (χ0v) is 15.6. The van der Waals surface area contributed by atoms with Crippen LogP contribution in [-0.2, 0) is 6.61 Å². The Morgan fingerprint density at radius 3 is 2.43 bits per heavy atom. The number of rotatable bonds is 0. The van der Waals surface area contributed by atoms with E-state index in [1.165, 1.54) is 0 Å². The number of benzene rings is 3. The van der Waals surface area contributed by atoms with Crippen molar-refractivity contribution in [2.45, 2.75) is 20.5 Å². The largest absolute Gasteiger partial charge is 0.488 e. The second-order valence-electron chi connectivity index (χ2n) is 6.59. The molecular weight excluding hydrogens is 352 g/mol. The average Bonchev–Trinajstić information content (AvgIpc) is 3.26. The smallest absolute Gasteiger partial charge is 0.259 e. The van der Waals surface area contributed by atoms with Crippen LogP contribution in [0.5, 0.6) is 5.75 Å².